The van der Waals surface area contributed by atoms with Crippen LogP contribution in [0.2, 0.25) is 0 Å². The molecule has 0 amide bonds. The van der Waals surface area contributed by atoms with Crippen molar-refractivity contribution in [1.29, 1.82) is 0 Å². The van der Waals surface area contributed by atoms with E-state index < -0.39 is 0 Å². The van der Waals surface area contributed by atoms with Crippen molar-refractivity contribution in [2.75, 3.05) is 0 Å². The Hall–Kier alpha value is -2.44. The third-order valence-corrected chi connectivity index (χ3v) is 2.45. The number of aldehydes is 1. The van der Waals surface area contributed by atoms with Crippen LogP contribution in [0.25, 0.3) is 6.08 Å². The van der Waals surface area contributed by atoms with Crippen LogP contribution in [0.4, 0.5) is 0 Å². The lowest BCUT2D eigenvalue weighted by molar-refractivity contribution is 0.112. The third kappa shape index (κ3) is 2.57. The van der Waals surface area contributed by atoms with Crippen LogP contribution in [0.3, 0.4) is 0 Å². The lowest BCUT2D eigenvalue weighted by Crippen LogP contribution is -2.15. The minimum absolute atomic E-state index is 0.296. The molecule has 17 heavy (non-hydrogen) atoms. The molecular weight excluding hydrogens is 212 g/mol. The summed E-state index contributed by atoms with van der Waals surface area (Å²) in [7, 11) is 0. The Kier molecular flexibility index (Phi) is 3.29. The van der Waals surface area contributed by atoms with Crippen molar-refractivity contribution in [1.82, 2.24) is 0 Å². The number of hydrogen-bond donors (Lipinski definition) is 0. The Bertz CT molecular complexity index is 666. The minimum Gasteiger partial charge on any atom is -0.298 e. The summed E-state index contributed by atoms with van der Waals surface area (Å²) in [5.41, 5.74) is 1.41. The summed E-state index contributed by atoms with van der Waals surface area (Å²) in [5, 5.41) is 1.18. The summed E-state index contributed by atoms with van der Waals surface area (Å²) in [4.78, 5) is 21.4. The van der Waals surface area contributed by atoms with Gasteiger partial charge in [0.05, 0.1) is 5.22 Å². The summed E-state index contributed by atoms with van der Waals surface area (Å²) in [6.45, 7) is 0. The normalized spacial score (nSPS) is 10.9. The quantitative estimate of drug-likeness (QED) is 0.705. The van der Waals surface area contributed by atoms with Crippen molar-refractivity contribution in [2.45, 2.75) is 0 Å². The third-order valence-electron chi connectivity index (χ3n) is 2.45. The molecule has 0 saturated carbocycles. The van der Waals surface area contributed by atoms with Gasteiger partial charge in [0.2, 0.25) is 0 Å². The van der Waals surface area contributed by atoms with E-state index in [1.807, 2.05) is 36.4 Å². The van der Waals surface area contributed by atoms with Gasteiger partial charge in [0.1, 0.15) is 5.94 Å². The fraction of sp³-hybridized carbons (Fsp3) is 0. The van der Waals surface area contributed by atoms with Gasteiger partial charge >= 0.3 is 0 Å². The topological polar surface area (TPSA) is 34.1 Å². The second-order valence-corrected chi connectivity index (χ2v) is 3.62. The number of rotatable bonds is 2. The molecule has 0 bridgehead atoms. The second kappa shape index (κ2) is 5.06. The molecule has 0 heterocycles. The van der Waals surface area contributed by atoms with Crippen LogP contribution < -0.4 is 10.4 Å². The first-order valence-corrected chi connectivity index (χ1v) is 5.20. The van der Waals surface area contributed by atoms with E-state index in [0.717, 1.165) is 10.8 Å². The van der Waals surface area contributed by atoms with Crippen LogP contribution in [-0.4, -0.2) is 12.2 Å². The second-order valence-electron chi connectivity index (χ2n) is 3.62. The predicted molar refractivity (Wildman–Crippen MR) is 65.9 cm³/mol. The summed E-state index contributed by atoms with van der Waals surface area (Å²) in [6, 6.07) is 14.9. The fourth-order valence-corrected chi connectivity index (χ4v) is 1.60. The molecule has 0 N–H and O–H groups in total. The number of benzene rings is 2. The zero-order chi connectivity index (χ0) is 12.1. The van der Waals surface area contributed by atoms with E-state index >= 15 is 0 Å². The Morgan fingerprint density at radius 1 is 1.00 bits per heavy atom. The van der Waals surface area contributed by atoms with E-state index in [2.05, 4.69) is 0 Å². The minimum atomic E-state index is 0.296. The van der Waals surface area contributed by atoms with E-state index in [1.54, 1.807) is 24.1 Å². The molecule has 0 aliphatic carbocycles. The smallest absolute Gasteiger partial charge is 0.151 e. The zero-order valence-electron chi connectivity index (χ0n) is 9.09. The molecule has 0 atom stereocenters. The maximum absolute atomic E-state index is 10.8. The molecular formula is C15H10O2. The summed E-state index contributed by atoms with van der Waals surface area (Å²) < 4.78 is 0. The van der Waals surface area contributed by atoms with Gasteiger partial charge in [-0.15, -0.1) is 0 Å². The molecule has 0 aliphatic rings. The van der Waals surface area contributed by atoms with Crippen LogP contribution in [0, 0.1) is 0 Å². The van der Waals surface area contributed by atoms with Gasteiger partial charge in [0.25, 0.3) is 0 Å². The molecule has 0 spiro atoms. The van der Waals surface area contributed by atoms with E-state index in [4.69, 9.17) is 0 Å². The van der Waals surface area contributed by atoms with Crippen molar-refractivity contribution in [3.8, 4) is 0 Å². The maximum Gasteiger partial charge on any atom is 0.151 e. The van der Waals surface area contributed by atoms with Crippen LogP contribution >= 0.6 is 0 Å². The fourth-order valence-electron chi connectivity index (χ4n) is 1.60. The first-order chi connectivity index (χ1) is 8.33. The number of carbonyl (C=O) groups excluding carboxylic acids is 2. The molecule has 0 radical (unpaired) electrons. The van der Waals surface area contributed by atoms with E-state index in [0.29, 0.717) is 17.1 Å². The Balaban J connectivity index is 2.59. The molecule has 0 fully saturated rings. The summed E-state index contributed by atoms with van der Waals surface area (Å²) in [5.74, 6) is 1.74. The Labute approximate surface area is 98.5 Å². The van der Waals surface area contributed by atoms with Gasteiger partial charge < -0.3 is 0 Å². The highest BCUT2D eigenvalue weighted by molar-refractivity contribution is 5.77. The van der Waals surface area contributed by atoms with Gasteiger partial charge in [-0.3, -0.25) is 4.79 Å². The average molecular weight is 222 g/mol. The van der Waals surface area contributed by atoms with Crippen LogP contribution in [0.1, 0.15) is 15.9 Å². The highest BCUT2D eigenvalue weighted by Gasteiger charge is 1.93. The van der Waals surface area contributed by atoms with Crippen molar-refractivity contribution in [2.24, 2.45) is 0 Å². The lowest BCUT2D eigenvalue weighted by atomic mass is 10.1. The molecule has 0 unspecified atom stereocenters. The first-order valence-electron chi connectivity index (χ1n) is 5.20. The standard InChI is InChI=1S/C15H10O2/c16-10-14-7-6-13(9-15(14)11-17)8-12-4-2-1-3-5-12/h1-9,11H/b13-8-. The van der Waals surface area contributed by atoms with Gasteiger partial charge in [-0.2, -0.15) is 0 Å². The molecule has 0 aromatic heterocycles. The van der Waals surface area contributed by atoms with Gasteiger partial charge in [-0.1, -0.05) is 36.4 Å². The molecule has 2 rings (SSSR count). The SMILES string of the molecule is O=C=c1cc/c(=C/c2ccccc2)cc1C=O. The first kappa shape index (κ1) is 11.1. The molecule has 2 heteroatoms. The summed E-state index contributed by atoms with van der Waals surface area (Å²) >= 11 is 0. The van der Waals surface area contributed by atoms with Crippen LogP contribution in [-0.2, 0) is 4.79 Å². The molecule has 2 nitrogen and oxygen atoms in total. The van der Waals surface area contributed by atoms with Crippen LogP contribution in [0.15, 0.2) is 48.5 Å². The number of hydrogen-bond acceptors (Lipinski definition) is 2. The van der Waals surface area contributed by atoms with Crippen molar-refractivity contribution in [3.05, 3.63) is 70.1 Å². The predicted octanol–water partition coefficient (Wildman–Crippen LogP) is 0.831. The monoisotopic (exact) mass is 222 g/mol. The molecule has 2 aromatic carbocycles. The van der Waals surface area contributed by atoms with Crippen LogP contribution in [0.5, 0.6) is 0 Å². The lowest BCUT2D eigenvalue weighted by Gasteiger charge is -1.93. The van der Waals surface area contributed by atoms with Gasteiger partial charge in [0, 0.05) is 5.56 Å². The van der Waals surface area contributed by atoms with Crippen molar-refractivity contribution < 1.29 is 9.59 Å². The van der Waals surface area contributed by atoms with E-state index in [1.165, 1.54) is 0 Å². The van der Waals surface area contributed by atoms with E-state index in [-0.39, 0.29) is 0 Å². The molecule has 82 valence electrons. The molecule has 0 saturated heterocycles. The highest BCUT2D eigenvalue weighted by Crippen LogP contribution is 1.98. The van der Waals surface area contributed by atoms with Gasteiger partial charge in [-0.25, -0.2) is 4.79 Å². The average Bonchev–Trinajstić information content (AvgIpc) is 2.40. The zero-order valence-corrected chi connectivity index (χ0v) is 9.09. The maximum atomic E-state index is 10.8. The number of carbonyl (C=O) groups is 1. The van der Waals surface area contributed by atoms with Gasteiger partial charge in [0.15, 0.2) is 6.29 Å². The van der Waals surface area contributed by atoms with Crippen molar-refractivity contribution in [3.63, 3.8) is 0 Å². The van der Waals surface area contributed by atoms with Gasteiger partial charge in [-0.05, 0) is 29.0 Å². The molecule has 2 aromatic rings. The molecule has 0 aliphatic heterocycles. The van der Waals surface area contributed by atoms with Crippen molar-refractivity contribution >= 4 is 18.3 Å². The summed E-state index contributed by atoms with van der Waals surface area (Å²) in [6.07, 6.45) is 2.62. The van der Waals surface area contributed by atoms with E-state index in [9.17, 15) is 9.59 Å². The Morgan fingerprint density at radius 3 is 2.41 bits per heavy atom. The Morgan fingerprint density at radius 2 is 1.76 bits per heavy atom. The largest absolute Gasteiger partial charge is 0.298 e. The highest BCUT2D eigenvalue weighted by atomic mass is 16.1.